The Morgan fingerprint density at radius 3 is 2.16 bits per heavy atom. The van der Waals surface area contributed by atoms with Gasteiger partial charge in [0, 0.05) is 6.07 Å². The number of hydrogen-bond donors (Lipinski definition) is 1. The summed E-state index contributed by atoms with van der Waals surface area (Å²) in [5, 5.41) is 10.2. The number of rotatable bonds is 5. The van der Waals surface area contributed by atoms with Crippen LogP contribution in [-0.4, -0.2) is 39.5 Å². The molecule has 1 rings (SSSR count). The molecule has 0 aliphatic heterocycles. The summed E-state index contributed by atoms with van der Waals surface area (Å²) in [6, 6.07) is 1.47. The zero-order valence-electron chi connectivity index (χ0n) is 11.0. The minimum absolute atomic E-state index is 0.0567. The van der Waals surface area contributed by atoms with Gasteiger partial charge >= 0.3 is 5.97 Å². The summed E-state index contributed by atoms with van der Waals surface area (Å²) in [7, 11) is 5.31. The van der Waals surface area contributed by atoms with Crippen molar-refractivity contribution in [2.75, 3.05) is 28.4 Å². The highest BCUT2D eigenvalue weighted by Gasteiger charge is 2.30. The molecular weight excluding hydrogens is 276 g/mol. The molecule has 1 N–H and O–H groups in total. The molecule has 0 saturated carbocycles. The second-order valence-electron chi connectivity index (χ2n) is 3.47. The standard InChI is InChI=1S/C12H15ClO6/c1-16-7-5-6(13)10(17-2)8(11(7)18-3)9(14)12(15)19-4/h5,9,14H,1-4H3. The first kappa shape index (κ1) is 15.4. The third kappa shape index (κ3) is 2.85. The van der Waals surface area contributed by atoms with Crippen molar-refractivity contribution in [3.05, 3.63) is 16.7 Å². The quantitative estimate of drug-likeness (QED) is 0.830. The van der Waals surface area contributed by atoms with E-state index in [0.29, 0.717) is 0 Å². The molecule has 1 aromatic carbocycles. The second kappa shape index (κ2) is 6.49. The minimum atomic E-state index is -1.59. The van der Waals surface area contributed by atoms with Crippen LogP contribution >= 0.6 is 11.6 Å². The van der Waals surface area contributed by atoms with Gasteiger partial charge in [-0.25, -0.2) is 4.79 Å². The van der Waals surface area contributed by atoms with Crippen molar-refractivity contribution < 1.29 is 28.8 Å². The van der Waals surface area contributed by atoms with Crippen molar-refractivity contribution in [3.63, 3.8) is 0 Å². The van der Waals surface area contributed by atoms with Crippen LogP contribution in [0.1, 0.15) is 11.7 Å². The summed E-state index contributed by atoms with van der Waals surface area (Å²) >= 11 is 6.01. The molecule has 0 aromatic heterocycles. The Labute approximate surface area is 115 Å². The molecule has 7 heteroatoms. The topological polar surface area (TPSA) is 74.2 Å². The zero-order chi connectivity index (χ0) is 14.6. The zero-order valence-corrected chi connectivity index (χ0v) is 11.8. The highest BCUT2D eigenvalue weighted by molar-refractivity contribution is 6.32. The van der Waals surface area contributed by atoms with Gasteiger partial charge in [-0.3, -0.25) is 0 Å². The lowest BCUT2D eigenvalue weighted by atomic mass is 10.1. The number of benzene rings is 1. The van der Waals surface area contributed by atoms with Crippen LogP contribution < -0.4 is 14.2 Å². The number of ether oxygens (including phenoxy) is 4. The number of esters is 1. The van der Waals surface area contributed by atoms with E-state index in [1.807, 2.05) is 0 Å². The molecule has 1 unspecified atom stereocenters. The molecule has 0 spiro atoms. The number of carbonyl (C=O) groups is 1. The number of carbonyl (C=O) groups excluding carboxylic acids is 1. The highest BCUT2D eigenvalue weighted by Crippen LogP contribution is 2.45. The van der Waals surface area contributed by atoms with E-state index in [1.54, 1.807) is 0 Å². The van der Waals surface area contributed by atoms with Gasteiger partial charge < -0.3 is 24.1 Å². The molecule has 0 fully saturated rings. The van der Waals surface area contributed by atoms with E-state index in [9.17, 15) is 9.90 Å². The predicted molar refractivity (Wildman–Crippen MR) is 68.1 cm³/mol. The van der Waals surface area contributed by atoms with Crippen molar-refractivity contribution in [3.8, 4) is 17.2 Å². The molecule has 0 aliphatic rings. The monoisotopic (exact) mass is 290 g/mol. The van der Waals surface area contributed by atoms with Crippen LogP contribution in [0.5, 0.6) is 17.2 Å². The number of aliphatic hydroxyl groups excluding tert-OH is 1. The molecule has 0 amide bonds. The number of aliphatic hydroxyl groups is 1. The third-order valence-corrected chi connectivity index (χ3v) is 2.79. The summed E-state index contributed by atoms with van der Waals surface area (Å²) in [6.45, 7) is 0. The van der Waals surface area contributed by atoms with Crippen LogP contribution in [0.15, 0.2) is 6.07 Å². The van der Waals surface area contributed by atoms with Gasteiger partial charge in [0.2, 0.25) is 0 Å². The minimum Gasteiger partial charge on any atom is -0.495 e. The van der Waals surface area contributed by atoms with E-state index < -0.39 is 12.1 Å². The van der Waals surface area contributed by atoms with Crippen LogP contribution in [0.25, 0.3) is 0 Å². The third-order valence-electron chi connectivity index (χ3n) is 2.51. The summed E-state index contributed by atoms with van der Waals surface area (Å²) in [5.41, 5.74) is 0.0567. The summed E-state index contributed by atoms with van der Waals surface area (Å²) in [4.78, 5) is 11.5. The molecule has 0 aliphatic carbocycles. The van der Waals surface area contributed by atoms with Gasteiger partial charge in [-0.05, 0) is 0 Å². The van der Waals surface area contributed by atoms with E-state index in [1.165, 1.54) is 27.4 Å². The first-order valence-electron chi connectivity index (χ1n) is 5.26. The van der Waals surface area contributed by atoms with Crippen molar-refractivity contribution in [1.29, 1.82) is 0 Å². The fourth-order valence-corrected chi connectivity index (χ4v) is 1.94. The van der Waals surface area contributed by atoms with Gasteiger partial charge in [0.05, 0.1) is 39.0 Å². The van der Waals surface area contributed by atoms with E-state index in [4.69, 9.17) is 25.8 Å². The van der Waals surface area contributed by atoms with Gasteiger partial charge in [-0.15, -0.1) is 0 Å². The Bertz CT molecular complexity index is 474. The van der Waals surface area contributed by atoms with Crippen molar-refractivity contribution >= 4 is 17.6 Å². The van der Waals surface area contributed by atoms with Crippen LogP contribution in [0.3, 0.4) is 0 Å². The molecule has 6 nitrogen and oxygen atoms in total. The fourth-order valence-electron chi connectivity index (χ4n) is 1.66. The summed E-state index contributed by atoms with van der Waals surface area (Å²) in [6.07, 6.45) is -1.59. The first-order valence-corrected chi connectivity index (χ1v) is 5.63. The first-order chi connectivity index (χ1) is 9.01. The molecular formula is C12H15ClO6. The fraction of sp³-hybridized carbons (Fsp3) is 0.417. The van der Waals surface area contributed by atoms with Gasteiger partial charge in [0.15, 0.2) is 17.6 Å². The normalized spacial score (nSPS) is 11.7. The average Bonchev–Trinajstić information content (AvgIpc) is 2.44. The van der Waals surface area contributed by atoms with Crippen molar-refractivity contribution in [2.45, 2.75) is 6.10 Å². The summed E-state index contributed by atoms with van der Waals surface area (Å²) in [5.74, 6) is -0.314. The highest BCUT2D eigenvalue weighted by atomic mass is 35.5. The van der Waals surface area contributed by atoms with Gasteiger partial charge in [-0.1, -0.05) is 11.6 Å². The van der Waals surface area contributed by atoms with Gasteiger partial charge in [-0.2, -0.15) is 0 Å². The molecule has 106 valence electrons. The van der Waals surface area contributed by atoms with E-state index in [2.05, 4.69) is 4.74 Å². The van der Waals surface area contributed by atoms with Crippen LogP contribution in [0.4, 0.5) is 0 Å². The molecule has 0 radical (unpaired) electrons. The largest absolute Gasteiger partial charge is 0.495 e. The van der Waals surface area contributed by atoms with E-state index >= 15 is 0 Å². The van der Waals surface area contributed by atoms with Crippen LogP contribution in [0, 0.1) is 0 Å². The Hall–Kier alpha value is -1.66. The Morgan fingerprint density at radius 1 is 1.16 bits per heavy atom. The maximum absolute atomic E-state index is 11.5. The molecule has 0 saturated heterocycles. The molecule has 0 bridgehead atoms. The molecule has 1 aromatic rings. The second-order valence-corrected chi connectivity index (χ2v) is 3.87. The van der Waals surface area contributed by atoms with E-state index in [-0.39, 0.29) is 27.8 Å². The maximum atomic E-state index is 11.5. The smallest absolute Gasteiger partial charge is 0.339 e. The lowest BCUT2D eigenvalue weighted by Crippen LogP contribution is -2.16. The SMILES string of the molecule is COC(=O)C(O)c1c(OC)c(Cl)cc(OC)c1OC. The molecule has 19 heavy (non-hydrogen) atoms. The van der Waals surface area contributed by atoms with Crippen molar-refractivity contribution in [2.24, 2.45) is 0 Å². The molecule has 0 heterocycles. The van der Waals surface area contributed by atoms with Crippen LogP contribution in [-0.2, 0) is 9.53 Å². The Morgan fingerprint density at radius 2 is 1.74 bits per heavy atom. The number of hydrogen-bond acceptors (Lipinski definition) is 6. The van der Waals surface area contributed by atoms with Crippen LogP contribution in [0.2, 0.25) is 5.02 Å². The molecule has 1 atom stereocenters. The van der Waals surface area contributed by atoms with Crippen molar-refractivity contribution in [1.82, 2.24) is 0 Å². The Balaban J connectivity index is 3.55. The summed E-state index contributed by atoms with van der Waals surface area (Å²) < 4.78 is 19.8. The predicted octanol–water partition coefficient (Wildman–Crippen LogP) is 1.57. The van der Waals surface area contributed by atoms with E-state index in [0.717, 1.165) is 7.11 Å². The Kier molecular flexibility index (Phi) is 5.26. The number of halogens is 1. The maximum Gasteiger partial charge on any atom is 0.339 e. The number of methoxy groups -OCH3 is 4. The average molecular weight is 291 g/mol. The van der Waals surface area contributed by atoms with Gasteiger partial charge in [0.1, 0.15) is 5.75 Å². The lowest BCUT2D eigenvalue weighted by molar-refractivity contribution is -0.150. The lowest BCUT2D eigenvalue weighted by Gasteiger charge is -2.19. The van der Waals surface area contributed by atoms with Gasteiger partial charge in [0.25, 0.3) is 0 Å².